The minimum atomic E-state index is -0.788. The van der Waals surface area contributed by atoms with Gasteiger partial charge in [-0.05, 0) is 96.3 Å². The average Bonchev–Trinajstić information content (AvgIpc) is 3.30. The second kappa shape index (κ2) is 53.7. The molecular weight excluding hydrogens is 805 g/mol. The average molecular weight is 909 g/mol. The third-order valence-corrected chi connectivity index (χ3v) is 12.0. The molecule has 1 atom stereocenters. The fourth-order valence-electron chi connectivity index (χ4n) is 7.81. The van der Waals surface area contributed by atoms with E-state index in [9.17, 15) is 14.4 Å². The van der Waals surface area contributed by atoms with Crippen LogP contribution in [0.1, 0.15) is 278 Å². The summed E-state index contributed by atoms with van der Waals surface area (Å²) in [6, 6.07) is 0. The molecule has 0 heterocycles. The van der Waals surface area contributed by atoms with Crippen LogP contribution in [0.4, 0.5) is 0 Å². The molecule has 0 saturated heterocycles. The smallest absolute Gasteiger partial charge is 0.306 e. The molecule has 0 amide bonds. The van der Waals surface area contributed by atoms with Gasteiger partial charge in [-0.15, -0.1) is 0 Å². The first-order valence-electron chi connectivity index (χ1n) is 27.8. The lowest BCUT2D eigenvalue weighted by atomic mass is 10.1. The molecule has 0 aromatic heterocycles. The highest BCUT2D eigenvalue weighted by atomic mass is 16.6. The first-order valence-corrected chi connectivity index (χ1v) is 27.8. The Morgan fingerprint density at radius 3 is 1.03 bits per heavy atom. The summed E-state index contributed by atoms with van der Waals surface area (Å²) in [5.74, 6) is -0.926. The van der Waals surface area contributed by atoms with E-state index in [4.69, 9.17) is 14.2 Å². The minimum Gasteiger partial charge on any atom is -0.462 e. The van der Waals surface area contributed by atoms with E-state index in [1.165, 1.54) is 161 Å². The molecule has 6 heteroatoms. The van der Waals surface area contributed by atoms with Gasteiger partial charge in [0.2, 0.25) is 0 Å². The van der Waals surface area contributed by atoms with Gasteiger partial charge >= 0.3 is 17.9 Å². The number of allylic oxidation sites excluding steroid dienone is 10. The Bertz CT molecular complexity index is 1180. The quantitative estimate of drug-likeness (QED) is 0.0262. The lowest BCUT2D eigenvalue weighted by molar-refractivity contribution is -0.167. The zero-order valence-electron chi connectivity index (χ0n) is 43.0. The van der Waals surface area contributed by atoms with Crippen LogP contribution in [0.15, 0.2) is 60.8 Å². The number of rotatable bonds is 50. The Morgan fingerprint density at radius 1 is 0.323 bits per heavy atom. The molecular formula is C59H104O6. The first kappa shape index (κ1) is 62.1. The van der Waals surface area contributed by atoms with Crippen molar-refractivity contribution in [3.8, 4) is 0 Å². The van der Waals surface area contributed by atoms with Crippen molar-refractivity contribution >= 4 is 17.9 Å². The molecule has 0 aliphatic carbocycles. The maximum Gasteiger partial charge on any atom is 0.306 e. The van der Waals surface area contributed by atoms with Gasteiger partial charge in [-0.3, -0.25) is 14.4 Å². The number of ether oxygens (including phenoxy) is 3. The molecule has 0 aliphatic heterocycles. The summed E-state index contributed by atoms with van der Waals surface area (Å²) in [4.78, 5) is 38.0. The van der Waals surface area contributed by atoms with Crippen LogP contribution in [0.2, 0.25) is 0 Å². The van der Waals surface area contributed by atoms with Gasteiger partial charge in [0.1, 0.15) is 13.2 Å². The van der Waals surface area contributed by atoms with Gasteiger partial charge in [-0.25, -0.2) is 0 Å². The van der Waals surface area contributed by atoms with Crippen LogP contribution in [0.25, 0.3) is 0 Å². The normalized spacial score (nSPS) is 12.5. The van der Waals surface area contributed by atoms with E-state index in [2.05, 4.69) is 81.5 Å². The second-order valence-electron chi connectivity index (χ2n) is 18.5. The van der Waals surface area contributed by atoms with Crippen molar-refractivity contribution in [3.05, 3.63) is 60.8 Å². The molecule has 0 rings (SSSR count). The molecule has 0 bridgehead atoms. The van der Waals surface area contributed by atoms with E-state index in [1.807, 2.05) is 0 Å². The van der Waals surface area contributed by atoms with E-state index < -0.39 is 6.10 Å². The number of unbranched alkanes of at least 4 members (excludes halogenated alkanes) is 29. The predicted molar refractivity (Wildman–Crippen MR) is 279 cm³/mol. The Kier molecular flexibility index (Phi) is 51.3. The van der Waals surface area contributed by atoms with Crippen LogP contribution in [-0.4, -0.2) is 37.2 Å². The zero-order valence-corrected chi connectivity index (χ0v) is 43.0. The summed E-state index contributed by atoms with van der Waals surface area (Å²) < 4.78 is 16.8. The number of esters is 3. The summed E-state index contributed by atoms with van der Waals surface area (Å²) >= 11 is 0. The molecule has 0 aromatic carbocycles. The number of carbonyl (C=O) groups is 3. The predicted octanol–water partition coefficient (Wildman–Crippen LogP) is 18.4. The van der Waals surface area contributed by atoms with Crippen molar-refractivity contribution < 1.29 is 28.6 Å². The number of carbonyl (C=O) groups excluding carboxylic acids is 3. The van der Waals surface area contributed by atoms with Crippen molar-refractivity contribution in [3.63, 3.8) is 0 Å². The Labute approximate surface area is 402 Å². The molecule has 65 heavy (non-hydrogen) atoms. The molecule has 0 N–H and O–H groups in total. The molecule has 0 fully saturated rings. The topological polar surface area (TPSA) is 78.9 Å². The number of hydrogen-bond donors (Lipinski definition) is 0. The van der Waals surface area contributed by atoms with Gasteiger partial charge < -0.3 is 14.2 Å². The lowest BCUT2D eigenvalue weighted by Gasteiger charge is -2.18. The van der Waals surface area contributed by atoms with Crippen LogP contribution < -0.4 is 0 Å². The van der Waals surface area contributed by atoms with Crippen molar-refractivity contribution in [2.24, 2.45) is 0 Å². The lowest BCUT2D eigenvalue weighted by Crippen LogP contribution is -2.30. The molecule has 0 aromatic rings. The summed E-state index contributed by atoms with van der Waals surface area (Å²) in [7, 11) is 0. The first-order chi connectivity index (χ1) is 32.0. The van der Waals surface area contributed by atoms with E-state index in [0.29, 0.717) is 25.7 Å². The maximum absolute atomic E-state index is 12.8. The van der Waals surface area contributed by atoms with E-state index in [0.717, 1.165) is 70.6 Å². The van der Waals surface area contributed by atoms with Crippen LogP contribution in [0.3, 0.4) is 0 Å². The molecule has 0 spiro atoms. The summed E-state index contributed by atoms with van der Waals surface area (Å²) in [5.41, 5.74) is 0. The summed E-state index contributed by atoms with van der Waals surface area (Å²) in [5, 5.41) is 0. The number of hydrogen-bond acceptors (Lipinski definition) is 6. The van der Waals surface area contributed by atoms with Gasteiger partial charge in [-0.2, -0.15) is 0 Å². The molecule has 0 radical (unpaired) electrons. The van der Waals surface area contributed by atoms with Crippen molar-refractivity contribution in [2.75, 3.05) is 13.2 Å². The van der Waals surface area contributed by atoms with Gasteiger partial charge in [0.15, 0.2) is 6.10 Å². The van der Waals surface area contributed by atoms with Gasteiger partial charge in [0, 0.05) is 19.3 Å². The highest BCUT2D eigenvalue weighted by molar-refractivity contribution is 5.71. The van der Waals surface area contributed by atoms with Crippen LogP contribution >= 0.6 is 0 Å². The van der Waals surface area contributed by atoms with Crippen molar-refractivity contribution in [2.45, 2.75) is 284 Å². The monoisotopic (exact) mass is 909 g/mol. The molecule has 376 valence electrons. The fraction of sp³-hybridized carbons (Fsp3) is 0.780. The largest absolute Gasteiger partial charge is 0.462 e. The Balaban J connectivity index is 4.30. The third-order valence-electron chi connectivity index (χ3n) is 12.0. The van der Waals surface area contributed by atoms with E-state index >= 15 is 0 Å². The van der Waals surface area contributed by atoms with Crippen LogP contribution in [0, 0.1) is 0 Å². The minimum absolute atomic E-state index is 0.0865. The zero-order chi connectivity index (χ0) is 47.2. The molecule has 6 nitrogen and oxygen atoms in total. The SMILES string of the molecule is CC/C=C\C/C=C\C/C=C\CCCCCCCCCCCC(=O)OCC(COC(=O)CCC/C=C\CCCCCC)OC(=O)CCCCCCCCC/C=C\CCCCCCCCCC. The molecule has 1 unspecified atom stereocenters. The maximum atomic E-state index is 12.8. The second-order valence-corrected chi connectivity index (χ2v) is 18.5. The third kappa shape index (κ3) is 51.9. The highest BCUT2D eigenvalue weighted by Gasteiger charge is 2.19. The van der Waals surface area contributed by atoms with Gasteiger partial charge in [0.25, 0.3) is 0 Å². The van der Waals surface area contributed by atoms with E-state index in [-0.39, 0.29) is 31.1 Å². The Hall–Kier alpha value is -2.89. The fourth-order valence-corrected chi connectivity index (χ4v) is 7.81. The standard InChI is InChI=1S/C59H104O6/c1-4-7-10-13-16-19-21-23-25-27-29-31-33-35-37-40-43-46-49-52-58(61)64-55-56(54-63-57(60)51-48-45-42-39-18-15-12-9-6-3)65-59(62)53-50-47-44-41-38-36-34-32-30-28-26-24-22-20-17-14-11-8-5-2/h7,10,16,19,23,25,28,30,39,42,56H,4-6,8-9,11-15,17-18,20-22,24,26-27,29,31-38,40-41,43-55H2,1-3H3/b10-7-,19-16-,25-23-,30-28-,42-39-. The van der Waals surface area contributed by atoms with Gasteiger partial charge in [-0.1, -0.05) is 223 Å². The van der Waals surface area contributed by atoms with Crippen molar-refractivity contribution in [1.82, 2.24) is 0 Å². The molecule has 0 saturated carbocycles. The van der Waals surface area contributed by atoms with E-state index in [1.54, 1.807) is 0 Å². The van der Waals surface area contributed by atoms with Crippen LogP contribution in [0.5, 0.6) is 0 Å². The van der Waals surface area contributed by atoms with Gasteiger partial charge in [0.05, 0.1) is 0 Å². The Morgan fingerprint density at radius 2 is 0.615 bits per heavy atom. The van der Waals surface area contributed by atoms with Crippen molar-refractivity contribution in [1.29, 1.82) is 0 Å². The summed E-state index contributed by atoms with van der Waals surface area (Å²) in [6.07, 6.45) is 66.5. The van der Waals surface area contributed by atoms with Crippen LogP contribution in [-0.2, 0) is 28.6 Å². The molecule has 0 aliphatic rings. The summed E-state index contributed by atoms with van der Waals surface area (Å²) in [6.45, 7) is 6.48. The highest BCUT2D eigenvalue weighted by Crippen LogP contribution is 2.15.